The van der Waals surface area contributed by atoms with Gasteiger partial charge in [0.25, 0.3) is 0 Å². The van der Waals surface area contributed by atoms with Crippen molar-refractivity contribution in [2.75, 3.05) is 0 Å². The van der Waals surface area contributed by atoms with Gasteiger partial charge in [0.2, 0.25) is 0 Å². The molecule has 0 saturated heterocycles. The van der Waals surface area contributed by atoms with Crippen LogP contribution in [0.2, 0.25) is 0 Å². The van der Waals surface area contributed by atoms with Crippen molar-refractivity contribution in [1.29, 1.82) is 0 Å². The summed E-state index contributed by atoms with van der Waals surface area (Å²) in [6.45, 7) is 0. The predicted molar refractivity (Wildman–Crippen MR) is 144 cm³/mol. The minimum atomic E-state index is 0. The van der Waals surface area contributed by atoms with Gasteiger partial charge in [0.1, 0.15) is 0 Å². The van der Waals surface area contributed by atoms with Crippen LogP contribution in [0.5, 0.6) is 0 Å². The molecule has 2 unspecified atom stereocenters. The Bertz CT molecular complexity index is 1440. The average molecular weight is 732 g/mol. The van der Waals surface area contributed by atoms with Gasteiger partial charge in [-0.1, -0.05) is 115 Å². The van der Waals surface area contributed by atoms with Crippen LogP contribution in [0.1, 0.15) is 45.2 Å². The maximum Gasteiger partial charge on any atom is 4.00 e. The van der Waals surface area contributed by atoms with Crippen LogP contribution in [-0.4, -0.2) is 0 Å². The molecule has 176 valence electrons. The van der Waals surface area contributed by atoms with E-state index in [1.54, 1.807) is 0 Å². The molecule has 0 nitrogen and oxygen atoms in total. The van der Waals surface area contributed by atoms with Crippen molar-refractivity contribution in [3.05, 3.63) is 139 Å². The first kappa shape index (κ1) is 29.7. The maximum absolute atomic E-state index is 3.65. The third-order valence-corrected chi connectivity index (χ3v) is 8.75. The molecular formula is C30H18Br2Cl2SZr. The van der Waals surface area contributed by atoms with Gasteiger partial charge in [-0.3, -0.25) is 12.2 Å². The molecular weight excluding hydrogens is 714 g/mol. The summed E-state index contributed by atoms with van der Waals surface area (Å²) >= 11 is 8.97. The molecule has 0 N–H and O–H groups in total. The molecule has 1 heterocycles. The van der Waals surface area contributed by atoms with Crippen molar-refractivity contribution in [3.63, 3.8) is 0 Å². The number of hydrogen-bond donors (Lipinski definition) is 0. The summed E-state index contributed by atoms with van der Waals surface area (Å²) in [5.41, 5.74) is 7.98. The van der Waals surface area contributed by atoms with Crippen molar-refractivity contribution in [3.8, 4) is 0 Å². The molecule has 2 aliphatic carbocycles. The van der Waals surface area contributed by atoms with E-state index in [0.29, 0.717) is 11.8 Å². The maximum atomic E-state index is 3.65. The molecule has 4 aromatic carbocycles. The predicted octanol–water partition coefficient (Wildman–Crippen LogP) is 3.29. The van der Waals surface area contributed by atoms with Crippen molar-refractivity contribution in [2.45, 2.75) is 21.6 Å². The second kappa shape index (κ2) is 12.8. The van der Waals surface area contributed by atoms with Gasteiger partial charge in [-0.05, 0) is 23.1 Å². The van der Waals surface area contributed by atoms with Gasteiger partial charge in [0.05, 0.1) is 0 Å². The SMILES string of the molecule is Brc1ccc2c(c1)C=[C-]C2c1ccccc1.Brc1ccc2c3c1Sc1cccc(c1)C2[C-]=C3.[Cl-].[Cl-].[Zr+4]. The molecule has 0 amide bonds. The second-order valence-corrected chi connectivity index (χ2v) is 11.1. The van der Waals surface area contributed by atoms with Crippen molar-refractivity contribution < 1.29 is 51.0 Å². The quantitative estimate of drug-likeness (QED) is 0.271. The molecule has 6 bridgehead atoms. The molecule has 4 aromatic rings. The number of halogens is 4. The smallest absolute Gasteiger partial charge is 1.00 e. The van der Waals surface area contributed by atoms with Gasteiger partial charge >= 0.3 is 26.2 Å². The standard InChI is InChI=1S/C15H8BrS.C15H10Br.2ClH.Zr/c16-14-7-6-12-11-4-5-13(12)15(14)17-10-3-1-2-9(11)8-10;16-13-7-9-15-12(10-13)6-8-14(15)11-4-2-1-3-5-11;;;/h1-3,5-8,11H;1-7,9-10,14H;2*1H;/q2*-1;;;+4/p-2. The fraction of sp³-hybridized carbons (Fsp3) is 0.0667. The Hall–Kier alpha value is -0.867. The molecule has 0 aromatic heterocycles. The van der Waals surface area contributed by atoms with Crippen LogP contribution in [0.3, 0.4) is 0 Å². The zero-order valence-corrected chi connectivity index (χ0v) is 26.8. The summed E-state index contributed by atoms with van der Waals surface area (Å²) in [6, 6.07) is 30.1. The summed E-state index contributed by atoms with van der Waals surface area (Å²) in [7, 11) is 0. The molecule has 0 radical (unpaired) electrons. The molecule has 1 aliphatic heterocycles. The van der Waals surface area contributed by atoms with Crippen LogP contribution in [0, 0.1) is 12.2 Å². The first-order valence-corrected chi connectivity index (χ1v) is 13.2. The van der Waals surface area contributed by atoms with E-state index in [0.717, 1.165) is 4.47 Å². The number of benzene rings is 4. The largest absolute Gasteiger partial charge is 4.00 e. The van der Waals surface area contributed by atoms with E-state index < -0.39 is 0 Å². The van der Waals surface area contributed by atoms with E-state index in [1.807, 2.05) is 17.8 Å². The topological polar surface area (TPSA) is 0 Å². The molecule has 0 fully saturated rings. The van der Waals surface area contributed by atoms with Crippen LogP contribution >= 0.6 is 43.6 Å². The zero-order chi connectivity index (χ0) is 22.4. The Morgan fingerprint density at radius 3 is 2.17 bits per heavy atom. The van der Waals surface area contributed by atoms with E-state index in [4.69, 9.17) is 0 Å². The summed E-state index contributed by atoms with van der Waals surface area (Å²) < 4.78 is 2.30. The van der Waals surface area contributed by atoms with Gasteiger partial charge in [-0.2, -0.15) is 11.1 Å². The summed E-state index contributed by atoms with van der Waals surface area (Å²) in [5.74, 6) is 0.613. The Labute approximate surface area is 265 Å². The first-order chi connectivity index (χ1) is 16.2. The molecule has 0 saturated carbocycles. The number of rotatable bonds is 1. The summed E-state index contributed by atoms with van der Waals surface area (Å²) in [5, 5.41) is 0. The third kappa shape index (κ3) is 5.75. The van der Waals surface area contributed by atoms with Crippen LogP contribution in [0.25, 0.3) is 12.2 Å². The number of hydrogen-bond acceptors (Lipinski definition) is 1. The summed E-state index contributed by atoms with van der Waals surface area (Å²) in [4.78, 5) is 2.62. The van der Waals surface area contributed by atoms with Gasteiger partial charge in [-0.15, -0.1) is 29.0 Å². The number of allylic oxidation sites excluding steroid dienone is 2. The van der Waals surface area contributed by atoms with Crippen LogP contribution < -0.4 is 24.8 Å². The monoisotopic (exact) mass is 728 g/mol. The summed E-state index contributed by atoms with van der Waals surface area (Å²) in [6.07, 6.45) is 11.1. The molecule has 7 rings (SSSR count). The molecule has 6 heteroatoms. The van der Waals surface area contributed by atoms with Crippen LogP contribution in [0.4, 0.5) is 0 Å². The van der Waals surface area contributed by atoms with Crippen molar-refractivity contribution in [2.24, 2.45) is 0 Å². The molecule has 2 atom stereocenters. The Morgan fingerprint density at radius 1 is 0.667 bits per heavy atom. The zero-order valence-electron chi connectivity index (χ0n) is 18.8. The van der Waals surface area contributed by atoms with Gasteiger partial charge < -0.3 is 24.8 Å². The normalized spacial score (nSPS) is 16.7. The first-order valence-electron chi connectivity index (χ1n) is 10.8. The number of fused-ring (bicyclic) bond motifs is 4. The van der Waals surface area contributed by atoms with E-state index in [1.165, 1.54) is 47.6 Å². The molecule has 3 aliphatic rings. The van der Waals surface area contributed by atoms with E-state index >= 15 is 0 Å². The Morgan fingerprint density at radius 2 is 1.36 bits per heavy atom. The van der Waals surface area contributed by atoms with Crippen molar-refractivity contribution in [1.82, 2.24) is 0 Å². The van der Waals surface area contributed by atoms with Crippen LogP contribution in [-0.2, 0) is 26.2 Å². The Kier molecular flexibility index (Phi) is 10.5. The minimum Gasteiger partial charge on any atom is -1.00 e. The van der Waals surface area contributed by atoms with Gasteiger partial charge in [-0.25, -0.2) is 12.2 Å². The van der Waals surface area contributed by atoms with Gasteiger partial charge in [0, 0.05) is 13.8 Å². The van der Waals surface area contributed by atoms with E-state index in [2.05, 4.69) is 135 Å². The van der Waals surface area contributed by atoms with Crippen LogP contribution in [0.15, 0.2) is 104 Å². The fourth-order valence-corrected chi connectivity index (χ4v) is 6.61. The Balaban J connectivity index is 0.000000185. The van der Waals surface area contributed by atoms with E-state index in [-0.39, 0.29) is 51.0 Å². The average Bonchev–Trinajstić information content (AvgIpc) is 3.46. The molecule has 0 spiro atoms. The molecule has 36 heavy (non-hydrogen) atoms. The van der Waals surface area contributed by atoms with Crippen molar-refractivity contribution >= 4 is 55.8 Å². The third-order valence-electron chi connectivity index (χ3n) is 6.20. The second-order valence-electron chi connectivity index (χ2n) is 8.23. The fourth-order valence-electron chi connectivity index (χ4n) is 4.62. The van der Waals surface area contributed by atoms with Gasteiger partial charge in [0.15, 0.2) is 0 Å². The van der Waals surface area contributed by atoms with E-state index in [9.17, 15) is 0 Å². The minimum absolute atomic E-state index is 0.